The van der Waals surface area contributed by atoms with Crippen LogP contribution in [0.1, 0.15) is 43.4 Å². The highest BCUT2D eigenvalue weighted by Gasteiger charge is 2.48. The summed E-state index contributed by atoms with van der Waals surface area (Å²) in [5.74, 6) is 2.80. The molecule has 0 spiro atoms. The standard InChI is InChI=1S/C19H24N2O/c1-2-12-7-11-8-16-18-14(5-6-21(10-11)19(12)16)15-9-13(22)3-4-17(15)20-18/h3-4,9,11-12,16,19-20,22H,2,5-8,10H2,1H3. The van der Waals surface area contributed by atoms with E-state index in [2.05, 4.69) is 16.8 Å². The molecule has 3 fully saturated rings. The van der Waals surface area contributed by atoms with Gasteiger partial charge in [-0.25, -0.2) is 0 Å². The van der Waals surface area contributed by atoms with Crippen LogP contribution in [0.2, 0.25) is 0 Å². The lowest BCUT2D eigenvalue weighted by Gasteiger charge is -2.53. The smallest absolute Gasteiger partial charge is 0.116 e. The molecule has 22 heavy (non-hydrogen) atoms. The van der Waals surface area contributed by atoms with E-state index in [0.717, 1.165) is 24.3 Å². The van der Waals surface area contributed by atoms with Gasteiger partial charge in [-0.15, -0.1) is 0 Å². The van der Waals surface area contributed by atoms with E-state index in [1.54, 1.807) is 6.07 Å². The molecule has 5 unspecified atom stereocenters. The first-order valence-electron chi connectivity index (χ1n) is 8.82. The number of hydrogen-bond acceptors (Lipinski definition) is 2. The highest BCUT2D eigenvalue weighted by molar-refractivity contribution is 5.86. The van der Waals surface area contributed by atoms with Crippen molar-refractivity contribution >= 4 is 10.9 Å². The first kappa shape index (κ1) is 13.0. The number of nitrogens with zero attached hydrogens (tertiary/aromatic N) is 1. The summed E-state index contributed by atoms with van der Waals surface area (Å²) in [7, 11) is 0. The van der Waals surface area contributed by atoms with Gasteiger partial charge in [0.25, 0.3) is 0 Å². The van der Waals surface area contributed by atoms with Gasteiger partial charge in [0.1, 0.15) is 5.75 Å². The SMILES string of the molecule is CCC1CC2CC3c4[nH]c5ccc(O)cc5c4CCN(C2)C13. The van der Waals surface area contributed by atoms with Crippen molar-refractivity contribution in [1.29, 1.82) is 0 Å². The van der Waals surface area contributed by atoms with Crippen molar-refractivity contribution in [2.24, 2.45) is 11.8 Å². The van der Waals surface area contributed by atoms with Crippen LogP contribution in [0.4, 0.5) is 0 Å². The molecule has 2 aromatic rings. The summed E-state index contributed by atoms with van der Waals surface area (Å²) in [5, 5.41) is 11.1. The van der Waals surface area contributed by atoms with Crippen LogP contribution >= 0.6 is 0 Å². The quantitative estimate of drug-likeness (QED) is 0.843. The van der Waals surface area contributed by atoms with Crippen LogP contribution < -0.4 is 0 Å². The lowest BCUT2D eigenvalue weighted by atomic mass is 9.65. The van der Waals surface area contributed by atoms with Crippen LogP contribution in [-0.4, -0.2) is 34.1 Å². The molecule has 3 aliphatic heterocycles. The largest absolute Gasteiger partial charge is 0.508 e. The molecule has 1 aromatic heterocycles. The van der Waals surface area contributed by atoms with Gasteiger partial charge in [-0.1, -0.05) is 13.3 Å². The molecule has 4 bridgehead atoms. The minimum absolute atomic E-state index is 0.384. The van der Waals surface area contributed by atoms with Crippen molar-refractivity contribution < 1.29 is 5.11 Å². The van der Waals surface area contributed by atoms with Gasteiger partial charge in [0, 0.05) is 41.6 Å². The minimum Gasteiger partial charge on any atom is -0.508 e. The van der Waals surface area contributed by atoms with E-state index in [4.69, 9.17) is 0 Å². The Morgan fingerprint density at radius 1 is 1.32 bits per heavy atom. The second-order valence-electron chi connectivity index (χ2n) is 7.59. The van der Waals surface area contributed by atoms with Crippen molar-refractivity contribution in [3.05, 3.63) is 29.5 Å². The van der Waals surface area contributed by atoms with Gasteiger partial charge in [0.05, 0.1) is 0 Å². The lowest BCUT2D eigenvalue weighted by molar-refractivity contribution is -0.0134. The molecule has 2 saturated heterocycles. The van der Waals surface area contributed by atoms with Gasteiger partial charge in [0.15, 0.2) is 0 Å². The van der Waals surface area contributed by atoms with Gasteiger partial charge >= 0.3 is 0 Å². The zero-order chi connectivity index (χ0) is 14.8. The third-order valence-corrected chi connectivity index (χ3v) is 6.50. The molecule has 116 valence electrons. The maximum atomic E-state index is 9.87. The molecule has 6 rings (SSSR count). The van der Waals surface area contributed by atoms with Crippen LogP contribution in [0, 0.1) is 11.8 Å². The van der Waals surface area contributed by atoms with Gasteiger partial charge in [0.2, 0.25) is 0 Å². The van der Waals surface area contributed by atoms with Gasteiger partial charge < -0.3 is 10.1 Å². The van der Waals surface area contributed by atoms with E-state index in [-0.39, 0.29) is 0 Å². The molecule has 2 N–H and O–H groups in total. The Balaban J connectivity index is 1.69. The highest BCUT2D eigenvalue weighted by Crippen LogP contribution is 2.51. The fourth-order valence-electron chi connectivity index (χ4n) is 5.68. The van der Waals surface area contributed by atoms with E-state index >= 15 is 0 Å². The molecule has 1 aliphatic carbocycles. The van der Waals surface area contributed by atoms with Crippen LogP contribution in [0.25, 0.3) is 10.9 Å². The van der Waals surface area contributed by atoms with Gasteiger partial charge in [-0.05, 0) is 54.9 Å². The highest BCUT2D eigenvalue weighted by atomic mass is 16.3. The molecular weight excluding hydrogens is 272 g/mol. The molecule has 3 nitrogen and oxygen atoms in total. The number of aromatic hydroxyl groups is 1. The fourth-order valence-corrected chi connectivity index (χ4v) is 5.68. The molecule has 5 atom stereocenters. The zero-order valence-corrected chi connectivity index (χ0v) is 13.2. The Kier molecular flexibility index (Phi) is 2.67. The first-order chi connectivity index (χ1) is 10.7. The summed E-state index contributed by atoms with van der Waals surface area (Å²) >= 11 is 0. The molecule has 1 aromatic carbocycles. The van der Waals surface area contributed by atoms with E-state index in [0.29, 0.717) is 11.7 Å². The summed E-state index contributed by atoms with van der Waals surface area (Å²) in [6.45, 7) is 4.86. The lowest BCUT2D eigenvalue weighted by Crippen LogP contribution is -2.56. The van der Waals surface area contributed by atoms with Crippen molar-refractivity contribution in [1.82, 2.24) is 9.88 Å². The Hall–Kier alpha value is -1.48. The summed E-state index contributed by atoms with van der Waals surface area (Å²) in [6, 6.07) is 6.52. The molecule has 3 heteroatoms. The average Bonchev–Trinajstić information content (AvgIpc) is 2.85. The van der Waals surface area contributed by atoms with Crippen molar-refractivity contribution in [3.63, 3.8) is 0 Å². The second kappa shape index (κ2) is 4.51. The Morgan fingerprint density at radius 2 is 2.23 bits per heavy atom. The number of aromatic amines is 1. The van der Waals surface area contributed by atoms with Gasteiger partial charge in [-0.3, -0.25) is 4.90 Å². The third kappa shape index (κ3) is 1.66. The van der Waals surface area contributed by atoms with Crippen LogP contribution in [0.15, 0.2) is 18.2 Å². The molecule has 4 aliphatic rings. The number of hydrogen-bond donors (Lipinski definition) is 2. The predicted octanol–water partition coefficient (Wildman–Crippen LogP) is 3.63. The van der Waals surface area contributed by atoms with Crippen molar-refractivity contribution in [3.8, 4) is 5.75 Å². The molecule has 1 saturated carbocycles. The van der Waals surface area contributed by atoms with Gasteiger partial charge in [-0.2, -0.15) is 0 Å². The zero-order valence-electron chi connectivity index (χ0n) is 13.2. The summed E-state index contributed by atoms with van der Waals surface area (Å²) in [5.41, 5.74) is 4.16. The normalized spacial score (nSPS) is 36.3. The first-order valence-corrected chi connectivity index (χ1v) is 8.82. The monoisotopic (exact) mass is 296 g/mol. The van der Waals surface area contributed by atoms with Crippen molar-refractivity contribution in [2.75, 3.05) is 13.1 Å². The third-order valence-electron chi connectivity index (χ3n) is 6.50. The number of fused-ring (bicyclic) bond motifs is 4. The van der Waals surface area contributed by atoms with Crippen LogP contribution in [-0.2, 0) is 6.42 Å². The Morgan fingerprint density at radius 3 is 3.09 bits per heavy atom. The van der Waals surface area contributed by atoms with E-state index < -0.39 is 0 Å². The summed E-state index contributed by atoms with van der Waals surface area (Å²) < 4.78 is 0. The summed E-state index contributed by atoms with van der Waals surface area (Å²) in [4.78, 5) is 6.51. The number of H-pyrrole nitrogens is 1. The number of benzene rings is 1. The van der Waals surface area contributed by atoms with E-state index in [9.17, 15) is 5.11 Å². The van der Waals surface area contributed by atoms with Crippen molar-refractivity contribution in [2.45, 2.75) is 44.6 Å². The molecule has 0 radical (unpaired) electrons. The predicted molar refractivity (Wildman–Crippen MR) is 88.3 cm³/mol. The maximum Gasteiger partial charge on any atom is 0.116 e. The molecule has 4 heterocycles. The topological polar surface area (TPSA) is 39.3 Å². The maximum absolute atomic E-state index is 9.87. The molecular formula is C19H24N2O. The minimum atomic E-state index is 0.384. The number of phenols is 1. The number of phenolic OH excluding ortho intramolecular Hbond substituents is 1. The van der Waals surface area contributed by atoms with Crippen LogP contribution in [0.5, 0.6) is 5.75 Å². The van der Waals surface area contributed by atoms with E-state index in [1.807, 2.05) is 12.1 Å². The van der Waals surface area contributed by atoms with Crippen LogP contribution in [0.3, 0.4) is 0 Å². The summed E-state index contributed by atoms with van der Waals surface area (Å²) in [6.07, 6.45) is 5.22. The second-order valence-corrected chi connectivity index (χ2v) is 7.59. The Labute approximate surface area is 131 Å². The number of rotatable bonds is 1. The van der Waals surface area contributed by atoms with E-state index in [1.165, 1.54) is 54.5 Å². The Bertz CT molecular complexity index is 734. The average molecular weight is 296 g/mol. The number of nitrogens with one attached hydrogen (secondary N) is 1. The number of aromatic nitrogens is 1. The number of piperidine rings is 2. The molecule has 0 amide bonds. The fraction of sp³-hybridized carbons (Fsp3) is 0.579.